The van der Waals surface area contributed by atoms with Crippen molar-refractivity contribution in [1.29, 1.82) is 0 Å². The normalized spacial score (nSPS) is 10.7. The Morgan fingerprint density at radius 1 is 1.21 bits per heavy atom. The predicted octanol–water partition coefficient (Wildman–Crippen LogP) is 3.71. The van der Waals surface area contributed by atoms with Crippen LogP contribution in [0.25, 0.3) is 0 Å². The van der Waals surface area contributed by atoms with Gasteiger partial charge in [0.05, 0.1) is 12.1 Å². The number of carbonyl (C=O) groups is 1. The molecule has 0 fully saturated rings. The van der Waals surface area contributed by atoms with Crippen molar-refractivity contribution in [3.63, 3.8) is 0 Å². The van der Waals surface area contributed by atoms with Gasteiger partial charge in [-0.3, -0.25) is 9.48 Å². The minimum Gasteiger partial charge on any atom is -0.294 e. The molecule has 19 heavy (non-hydrogen) atoms. The first kappa shape index (κ1) is 14.1. The molecule has 3 nitrogen and oxygen atoms in total. The topological polar surface area (TPSA) is 34.9 Å². The van der Waals surface area contributed by atoms with E-state index in [2.05, 4.69) is 5.10 Å². The van der Waals surface area contributed by atoms with Crippen molar-refractivity contribution in [3.05, 3.63) is 51.3 Å². The van der Waals surface area contributed by atoms with E-state index in [-0.39, 0.29) is 5.78 Å². The van der Waals surface area contributed by atoms with Crippen molar-refractivity contribution < 1.29 is 4.79 Å². The average Bonchev–Trinajstić information content (AvgIpc) is 2.69. The molecule has 0 saturated heterocycles. The molecule has 0 aliphatic carbocycles. The molecule has 0 amide bonds. The Bertz CT molecular complexity index is 600. The lowest BCUT2D eigenvalue weighted by Gasteiger charge is -2.03. The van der Waals surface area contributed by atoms with Crippen LogP contribution in [0.15, 0.2) is 24.3 Å². The van der Waals surface area contributed by atoms with Crippen molar-refractivity contribution in [2.75, 3.05) is 0 Å². The number of benzene rings is 1. The van der Waals surface area contributed by atoms with E-state index in [4.69, 9.17) is 23.2 Å². The van der Waals surface area contributed by atoms with Crippen LogP contribution >= 0.6 is 23.2 Å². The first-order chi connectivity index (χ1) is 8.99. The minimum absolute atomic E-state index is 0.0185. The Balaban J connectivity index is 2.22. The maximum absolute atomic E-state index is 12.2. The summed E-state index contributed by atoms with van der Waals surface area (Å²) in [4.78, 5) is 12.2. The van der Waals surface area contributed by atoms with Crippen molar-refractivity contribution in [2.24, 2.45) is 7.05 Å². The van der Waals surface area contributed by atoms with Gasteiger partial charge in [0.15, 0.2) is 5.78 Å². The molecule has 0 aliphatic heterocycles. The maximum Gasteiger partial charge on any atom is 0.168 e. The molecule has 0 saturated carbocycles. The van der Waals surface area contributed by atoms with E-state index in [0.717, 1.165) is 17.8 Å². The third kappa shape index (κ3) is 3.37. The Labute approximate surface area is 122 Å². The van der Waals surface area contributed by atoms with Gasteiger partial charge in [0.1, 0.15) is 0 Å². The first-order valence-electron chi connectivity index (χ1n) is 6.00. The third-order valence-corrected chi connectivity index (χ3v) is 3.35. The molecular formula is C14H14Cl2N2O. The van der Waals surface area contributed by atoms with Crippen LogP contribution in [-0.2, 0) is 19.9 Å². The summed E-state index contributed by atoms with van der Waals surface area (Å²) < 4.78 is 1.74. The van der Waals surface area contributed by atoms with E-state index in [1.165, 1.54) is 0 Å². The fourth-order valence-corrected chi connectivity index (χ4v) is 2.42. The Kier molecular flexibility index (Phi) is 4.27. The van der Waals surface area contributed by atoms with E-state index in [9.17, 15) is 4.79 Å². The zero-order valence-electron chi connectivity index (χ0n) is 10.8. The van der Waals surface area contributed by atoms with Gasteiger partial charge < -0.3 is 0 Å². The van der Waals surface area contributed by atoms with Crippen LogP contribution in [0.2, 0.25) is 10.0 Å². The van der Waals surface area contributed by atoms with Gasteiger partial charge in [-0.25, -0.2) is 0 Å². The van der Waals surface area contributed by atoms with Gasteiger partial charge in [-0.2, -0.15) is 5.10 Å². The second kappa shape index (κ2) is 5.76. The van der Waals surface area contributed by atoms with Crippen LogP contribution in [-0.4, -0.2) is 15.6 Å². The van der Waals surface area contributed by atoms with Gasteiger partial charge in [-0.1, -0.05) is 30.1 Å². The molecule has 0 atom stereocenters. The predicted molar refractivity (Wildman–Crippen MR) is 77.1 cm³/mol. The molecule has 0 radical (unpaired) electrons. The fraction of sp³-hybridized carbons (Fsp3) is 0.286. The van der Waals surface area contributed by atoms with Crippen LogP contribution in [0, 0.1) is 0 Å². The van der Waals surface area contributed by atoms with Gasteiger partial charge in [-0.15, -0.1) is 0 Å². The third-order valence-electron chi connectivity index (χ3n) is 2.92. The number of halogens is 2. The van der Waals surface area contributed by atoms with E-state index in [1.807, 2.05) is 20.0 Å². The van der Waals surface area contributed by atoms with Crippen LogP contribution in [0.1, 0.15) is 28.7 Å². The molecule has 0 spiro atoms. The number of hydrogen-bond donors (Lipinski definition) is 0. The molecule has 0 unspecified atom stereocenters. The minimum atomic E-state index is -0.0185. The van der Waals surface area contributed by atoms with Crippen molar-refractivity contribution in [3.8, 4) is 0 Å². The summed E-state index contributed by atoms with van der Waals surface area (Å²) in [5.41, 5.74) is 2.39. The zero-order valence-corrected chi connectivity index (χ0v) is 12.3. The SMILES string of the molecule is CCc1cc(CC(=O)c2cc(Cl)cc(Cl)c2)n(C)n1. The highest BCUT2D eigenvalue weighted by atomic mass is 35.5. The smallest absolute Gasteiger partial charge is 0.168 e. The lowest BCUT2D eigenvalue weighted by molar-refractivity contribution is 0.0990. The van der Waals surface area contributed by atoms with Gasteiger partial charge >= 0.3 is 0 Å². The number of aromatic nitrogens is 2. The molecule has 100 valence electrons. The second-order valence-electron chi connectivity index (χ2n) is 4.36. The number of nitrogens with zero attached hydrogens (tertiary/aromatic N) is 2. The first-order valence-corrected chi connectivity index (χ1v) is 6.76. The van der Waals surface area contributed by atoms with Crippen LogP contribution in [0.4, 0.5) is 0 Å². The maximum atomic E-state index is 12.2. The molecular weight excluding hydrogens is 283 g/mol. The average molecular weight is 297 g/mol. The Morgan fingerprint density at radius 3 is 2.37 bits per heavy atom. The summed E-state index contributed by atoms with van der Waals surface area (Å²) in [6, 6.07) is 6.82. The highest BCUT2D eigenvalue weighted by Gasteiger charge is 2.12. The molecule has 1 aromatic carbocycles. The number of ketones is 1. The molecule has 2 rings (SSSR count). The molecule has 0 aliphatic rings. The summed E-state index contributed by atoms with van der Waals surface area (Å²) in [5.74, 6) is -0.0185. The molecule has 5 heteroatoms. The van der Waals surface area contributed by atoms with Crippen molar-refractivity contribution >= 4 is 29.0 Å². The number of hydrogen-bond acceptors (Lipinski definition) is 2. The van der Waals surface area contributed by atoms with Gasteiger partial charge in [0, 0.05) is 28.4 Å². The molecule has 0 bridgehead atoms. The zero-order chi connectivity index (χ0) is 14.0. The summed E-state index contributed by atoms with van der Waals surface area (Å²) in [7, 11) is 1.84. The molecule has 0 N–H and O–H groups in total. The molecule has 2 aromatic rings. The quantitative estimate of drug-likeness (QED) is 0.806. The highest BCUT2D eigenvalue weighted by Crippen LogP contribution is 2.20. The van der Waals surface area contributed by atoms with Crippen molar-refractivity contribution in [1.82, 2.24) is 9.78 Å². The van der Waals surface area contributed by atoms with E-state index in [1.54, 1.807) is 22.9 Å². The number of aryl methyl sites for hydroxylation is 2. The summed E-state index contributed by atoms with van der Waals surface area (Å²) in [6.07, 6.45) is 1.14. The van der Waals surface area contributed by atoms with E-state index < -0.39 is 0 Å². The van der Waals surface area contributed by atoms with Crippen LogP contribution in [0.5, 0.6) is 0 Å². The van der Waals surface area contributed by atoms with Gasteiger partial charge in [-0.05, 0) is 30.7 Å². The van der Waals surface area contributed by atoms with Crippen LogP contribution < -0.4 is 0 Å². The number of Topliss-reactive ketones (excluding diaryl/α,β-unsaturated/α-hetero) is 1. The molecule has 1 aromatic heterocycles. The lowest BCUT2D eigenvalue weighted by Crippen LogP contribution is -2.08. The van der Waals surface area contributed by atoms with Crippen molar-refractivity contribution in [2.45, 2.75) is 19.8 Å². The van der Waals surface area contributed by atoms with E-state index >= 15 is 0 Å². The Morgan fingerprint density at radius 2 is 1.84 bits per heavy atom. The summed E-state index contributed by atoms with van der Waals surface area (Å²) in [5, 5.41) is 5.26. The summed E-state index contributed by atoms with van der Waals surface area (Å²) in [6.45, 7) is 2.03. The van der Waals surface area contributed by atoms with Crippen LogP contribution in [0.3, 0.4) is 0 Å². The summed E-state index contributed by atoms with van der Waals surface area (Å²) >= 11 is 11.8. The molecule has 1 heterocycles. The van der Waals surface area contributed by atoms with Gasteiger partial charge in [0.25, 0.3) is 0 Å². The fourth-order valence-electron chi connectivity index (χ4n) is 1.89. The lowest BCUT2D eigenvalue weighted by atomic mass is 10.1. The van der Waals surface area contributed by atoms with Gasteiger partial charge in [0.2, 0.25) is 0 Å². The largest absolute Gasteiger partial charge is 0.294 e. The van der Waals surface area contributed by atoms with E-state index in [0.29, 0.717) is 22.0 Å². The standard InChI is InChI=1S/C14H14Cl2N2O/c1-3-12-7-13(18(2)17-12)8-14(19)9-4-10(15)6-11(16)5-9/h4-7H,3,8H2,1-2H3. The highest BCUT2D eigenvalue weighted by molar-refractivity contribution is 6.35. The monoisotopic (exact) mass is 296 g/mol. The number of carbonyl (C=O) groups excluding carboxylic acids is 1. The number of rotatable bonds is 4. The Hall–Kier alpha value is -1.32. The second-order valence-corrected chi connectivity index (χ2v) is 5.24.